The molecule has 4 rings (SSSR count). The predicted octanol–water partition coefficient (Wildman–Crippen LogP) is 3.85. The average molecular weight is 343 g/mol. The second-order valence-electron chi connectivity index (χ2n) is 4.63. The van der Waals surface area contributed by atoms with Crippen LogP contribution in [-0.4, -0.2) is 19.6 Å². The molecule has 0 aliphatic heterocycles. The highest BCUT2D eigenvalue weighted by Crippen LogP contribution is 2.24. The maximum Gasteiger partial charge on any atom is 0.171 e. The number of aromatic nitrogens is 4. The molecule has 0 fully saturated rings. The summed E-state index contributed by atoms with van der Waals surface area (Å²) < 4.78 is 16.2. The Balaban J connectivity index is 2.02. The minimum absolute atomic E-state index is 0.314. The van der Waals surface area contributed by atoms with Gasteiger partial charge in [0.15, 0.2) is 11.5 Å². The first-order chi connectivity index (χ1) is 10.2. The fraction of sp³-hybridized carbons (Fsp3) is 0. The first-order valence-electron chi connectivity index (χ1n) is 6.27. The van der Waals surface area contributed by atoms with Gasteiger partial charge in [0.1, 0.15) is 12.1 Å². The highest BCUT2D eigenvalue weighted by molar-refractivity contribution is 9.10. The molecule has 2 aromatic carbocycles. The summed E-state index contributed by atoms with van der Waals surface area (Å²) in [4.78, 5) is 4.33. The van der Waals surface area contributed by atoms with Crippen LogP contribution in [0.5, 0.6) is 0 Å². The third-order valence-electron chi connectivity index (χ3n) is 3.31. The summed E-state index contributed by atoms with van der Waals surface area (Å²) in [6.45, 7) is 0. The Morgan fingerprint density at radius 1 is 1.00 bits per heavy atom. The van der Waals surface area contributed by atoms with Crippen LogP contribution in [0.2, 0.25) is 0 Å². The molecule has 0 radical (unpaired) electrons. The van der Waals surface area contributed by atoms with Crippen molar-refractivity contribution in [2.45, 2.75) is 0 Å². The maximum absolute atomic E-state index is 13.4. The van der Waals surface area contributed by atoms with E-state index < -0.39 is 0 Å². The molecule has 0 atom stereocenters. The van der Waals surface area contributed by atoms with Gasteiger partial charge in [-0.05, 0) is 30.3 Å². The van der Waals surface area contributed by atoms with E-state index in [0.29, 0.717) is 22.4 Å². The Kier molecular flexibility index (Phi) is 2.71. The number of halogens is 2. The van der Waals surface area contributed by atoms with Crippen molar-refractivity contribution in [1.29, 1.82) is 0 Å². The average Bonchev–Trinajstić information content (AvgIpc) is 2.92. The lowest BCUT2D eigenvalue weighted by Crippen LogP contribution is -1.93. The van der Waals surface area contributed by atoms with Gasteiger partial charge in [0.05, 0.1) is 5.52 Å². The Morgan fingerprint density at radius 2 is 1.81 bits per heavy atom. The molecule has 0 saturated heterocycles. The molecule has 0 aliphatic carbocycles. The molecule has 2 aromatic heterocycles. The topological polar surface area (TPSA) is 43.1 Å². The zero-order chi connectivity index (χ0) is 14.4. The third-order valence-corrected chi connectivity index (χ3v) is 3.84. The van der Waals surface area contributed by atoms with Crippen molar-refractivity contribution in [2.24, 2.45) is 0 Å². The van der Waals surface area contributed by atoms with Crippen LogP contribution in [0.25, 0.3) is 27.9 Å². The molecule has 0 bridgehead atoms. The normalized spacial score (nSPS) is 11.3. The van der Waals surface area contributed by atoms with E-state index >= 15 is 0 Å². The van der Waals surface area contributed by atoms with E-state index in [-0.39, 0.29) is 5.82 Å². The molecule has 4 aromatic rings. The van der Waals surface area contributed by atoms with Gasteiger partial charge in [0.25, 0.3) is 0 Å². The summed E-state index contributed by atoms with van der Waals surface area (Å²) in [7, 11) is 0. The van der Waals surface area contributed by atoms with Crippen LogP contribution >= 0.6 is 15.9 Å². The van der Waals surface area contributed by atoms with E-state index in [9.17, 15) is 4.39 Å². The van der Waals surface area contributed by atoms with Gasteiger partial charge in [0.2, 0.25) is 0 Å². The quantitative estimate of drug-likeness (QED) is 0.527. The molecule has 0 amide bonds. The van der Waals surface area contributed by atoms with Gasteiger partial charge in [-0.2, -0.15) is 0 Å². The Hall–Kier alpha value is -2.34. The van der Waals surface area contributed by atoms with Crippen molar-refractivity contribution >= 4 is 32.5 Å². The highest BCUT2D eigenvalue weighted by Gasteiger charge is 2.11. The molecule has 0 spiro atoms. The molecule has 0 N–H and O–H groups in total. The van der Waals surface area contributed by atoms with Crippen LogP contribution in [-0.2, 0) is 0 Å². The second-order valence-corrected chi connectivity index (χ2v) is 5.55. The summed E-state index contributed by atoms with van der Waals surface area (Å²) in [6.07, 6.45) is 1.66. The fourth-order valence-electron chi connectivity index (χ4n) is 2.30. The summed E-state index contributed by atoms with van der Waals surface area (Å²) in [6, 6.07) is 12.2. The summed E-state index contributed by atoms with van der Waals surface area (Å²) in [5.74, 6) is 0.363. The van der Waals surface area contributed by atoms with Gasteiger partial charge < -0.3 is 0 Å². The Morgan fingerprint density at radius 3 is 2.62 bits per heavy atom. The van der Waals surface area contributed by atoms with E-state index in [1.807, 2.05) is 24.3 Å². The van der Waals surface area contributed by atoms with Crippen LogP contribution < -0.4 is 0 Å². The number of benzene rings is 2. The number of hydrogen-bond acceptors (Lipinski definition) is 3. The molecular formula is C15H8BrFN4. The largest absolute Gasteiger partial charge is 0.265 e. The third kappa shape index (κ3) is 1.99. The molecule has 6 heteroatoms. The first-order valence-corrected chi connectivity index (χ1v) is 7.06. The van der Waals surface area contributed by atoms with Crippen molar-refractivity contribution in [2.75, 3.05) is 0 Å². The first kappa shape index (κ1) is 12.4. The summed E-state index contributed by atoms with van der Waals surface area (Å²) in [5, 5.41) is 9.04. The monoisotopic (exact) mass is 342 g/mol. The van der Waals surface area contributed by atoms with E-state index in [1.54, 1.807) is 16.8 Å². The Labute approximate surface area is 127 Å². The zero-order valence-corrected chi connectivity index (χ0v) is 12.2. The van der Waals surface area contributed by atoms with Crippen LogP contribution in [0.15, 0.2) is 53.3 Å². The number of nitrogens with zero attached hydrogens (tertiary/aromatic N) is 4. The van der Waals surface area contributed by atoms with Gasteiger partial charge in [-0.1, -0.05) is 28.1 Å². The standard InChI is InChI=1S/C15H8BrFN4/c16-10-3-1-9(2-4-10)14-19-20-15-12-7-11(17)5-6-13(12)18-8-21(14)15/h1-8H. The van der Waals surface area contributed by atoms with Gasteiger partial charge in [-0.15, -0.1) is 10.2 Å². The van der Waals surface area contributed by atoms with Gasteiger partial charge in [-0.3, -0.25) is 4.40 Å². The van der Waals surface area contributed by atoms with Gasteiger partial charge in [-0.25, -0.2) is 9.37 Å². The number of fused-ring (bicyclic) bond motifs is 3. The van der Waals surface area contributed by atoms with Crippen molar-refractivity contribution in [3.63, 3.8) is 0 Å². The van der Waals surface area contributed by atoms with Crippen molar-refractivity contribution in [3.8, 4) is 11.4 Å². The van der Waals surface area contributed by atoms with Crippen molar-refractivity contribution in [1.82, 2.24) is 19.6 Å². The van der Waals surface area contributed by atoms with Gasteiger partial charge in [0, 0.05) is 15.4 Å². The minimum Gasteiger partial charge on any atom is -0.265 e. The SMILES string of the molecule is Fc1ccc2ncn3c(-c4ccc(Br)cc4)nnc3c2c1. The summed E-state index contributed by atoms with van der Waals surface area (Å²) in [5.41, 5.74) is 2.21. The van der Waals surface area contributed by atoms with Crippen molar-refractivity contribution in [3.05, 3.63) is 59.1 Å². The number of hydrogen-bond donors (Lipinski definition) is 0. The smallest absolute Gasteiger partial charge is 0.171 e. The lowest BCUT2D eigenvalue weighted by atomic mass is 10.2. The molecule has 4 nitrogen and oxygen atoms in total. The van der Waals surface area contributed by atoms with E-state index in [2.05, 4.69) is 31.1 Å². The lowest BCUT2D eigenvalue weighted by Gasteiger charge is -2.02. The Bertz CT molecular complexity index is 963. The van der Waals surface area contributed by atoms with E-state index in [0.717, 1.165) is 10.0 Å². The van der Waals surface area contributed by atoms with E-state index in [4.69, 9.17) is 0 Å². The van der Waals surface area contributed by atoms with Crippen LogP contribution in [0.3, 0.4) is 0 Å². The minimum atomic E-state index is -0.314. The maximum atomic E-state index is 13.4. The molecule has 0 saturated carbocycles. The molecule has 2 heterocycles. The highest BCUT2D eigenvalue weighted by atomic mass is 79.9. The fourth-order valence-corrected chi connectivity index (χ4v) is 2.56. The van der Waals surface area contributed by atoms with Gasteiger partial charge >= 0.3 is 0 Å². The zero-order valence-electron chi connectivity index (χ0n) is 10.7. The predicted molar refractivity (Wildman–Crippen MR) is 81.4 cm³/mol. The molecule has 102 valence electrons. The molecule has 0 aliphatic rings. The van der Waals surface area contributed by atoms with E-state index in [1.165, 1.54) is 12.1 Å². The molecular weight excluding hydrogens is 335 g/mol. The molecule has 0 unspecified atom stereocenters. The summed E-state index contributed by atoms with van der Waals surface area (Å²) >= 11 is 3.40. The second kappa shape index (κ2) is 4.60. The number of rotatable bonds is 1. The van der Waals surface area contributed by atoms with Crippen LogP contribution in [0.4, 0.5) is 4.39 Å². The lowest BCUT2D eigenvalue weighted by molar-refractivity contribution is 0.629. The molecule has 21 heavy (non-hydrogen) atoms. The van der Waals surface area contributed by atoms with Crippen LogP contribution in [0.1, 0.15) is 0 Å². The van der Waals surface area contributed by atoms with Crippen molar-refractivity contribution < 1.29 is 4.39 Å². The van der Waals surface area contributed by atoms with Crippen LogP contribution in [0, 0.1) is 5.82 Å².